The van der Waals surface area contributed by atoms with Crippen LogP contribution in [-0.2, 0) is 49.3 Å². The Kier molecular flexibility index (Phi) is 7.89. The van der Waals surface area contributed by atoms with Gasteiger partial charge >= 0.3 is 23.9 Å². The Morgan fingerprint density at radius 2 is 1.84 bits per heavy atom. The first-order valence-electron chi connectivity index (χ1n) is 14.5. The number of carbonyl (C=O) groups excluding carboxylic acids is 5. The van der Waals surface area contributed by atoms with Crippen LogP contribution < -0.4 is 0 Å². The van der Waals surface area contributed by atoms with Crippen LogP contribution in [0.2, 0.25) is 0 Å². The zero-order valence-electron chi connectivity index (χ0n) is 25.1. The van der Waals surface area contributed by atoms with Crippen molar-refractivity contribution in [1.82, 2.24) is 4.98 Å². The van der Waals surface area contributed by atoms with Crippen LogP contribution in [0, 0.1) is 17.3 Å². The summed E-state index contributed by atoms with van der Waals surface area (Å²) in [6, 6.07) is 3.04. The summed E-state index contributed by atoms with van der Waals surface area (Å²) in [6.45, 7) is 4.97. The average Bonchev–Trinajstić information content (AvgIpc) is 3.17. The van der Waals surface area contributed by atoms with E-state index in [1.165, 1.54) is 26.1 Å². The molecule has 4 bridgehead atoms. The highest BCUT2D eigenvalue weighted by Gasteiger charge is 2.87. The minimum atomic E-state index is -2.49. The Balaban J connectivity index is 1.76. The molecule has 0 unspecified atom stereocenters. The number of aromatic nitrogens is 1. The van der Waals surface area contributed by atoms with Crippen LogP contribution >= 0.6 is 0 Å². The minimum Gasteiger partial charge on any atom is -0.465 e. The molecule has 240 valence electrons. The molecule has 14 heteroatoms. The number of rotatable bonds is 3. The predicted octanol–water partition coefficient (Wildman–Crippen LogP) is -0.183. The molecule has 0 aromatic carbocycles. The topological polar surface area (TPSA) is 205 Å². The highest BCUT2D eigenvalue weighted by atomic mass is 16.6. The molecule has 14 nitrogen and oxygen atoms in total. The summed E-state index contributed by atoms with van der Waals surface area (Å²) in [7, 11) is 0. The van der Waals surface area contributed by atoms with Gasteiger partial charge < -0.3 is 39.0 Å². The number of Topliss-reactive ketones (excluding diaryl/α,β-unsaturated/α-hetero) is 1. The third kappa shape index (κ3) is 4.53. The largest absolute Gasteiger partial charge is 0.465 e. The lowest BCUT2D eigenvalue weighted by molar-refractivity contribution is -0.364. The Morgan fingerprint density at radius 1 is 1.14 bits per heavy atom. The van der Waals surface area contributed by atoms with Crippen LogP contribution in [0.15, 0.2) is 18.3 Å². The first-order valence-corrected chi connectivity index (χ1v) is 14.5. The fourth-order valence-corrected chi connectivity index (χ4v) is 7.68. The van der Waals surface area contributed by atoms with Gasteiger partial charge in [0.25, 0.3) is 0 Å². The monoisotopic (exact) mass is 619 g/mol. The molecule has 3 heterocycles. The first kappa shape index (κ1) is 31.9. The van der Waals surface area contributed by atoms with Crippen molar-refractivity contribution < 1.29 is 63.0 Å². The molecule has 2 aliphatic carbocycles. The SMILES string of the molecule is CC(=O)OC[C@]12CC(=O)[C@@H]3[C@H](OC(C)=O)[C@@]14O[C@@]3(C)COC(=O)c1cccnc1CC[C@H](C)C(=O)O[C@@H]([C@H](O)[C@H]2O)[C@]4(C)O. The molecule has 44 heavy (non-hydrogen) atoms. The molecule has 2 aliphatic heterocycles. The standard InChI is InChI=1S/C30H37NO13/c1-14-8-9-18-17(7-6-10-31-18)26(38)41-12-27(4)20-19(34)11-29(13-40-15(2)32)22(36)21(35)24(43-25(14)37)28(5,39)30(29,44-27)23(20)42-16(3)33/h6-7,10,14,20-24,35-36,39H,8-9,11-13H2,1-5H3/t14-,20+,21+,22+,23-,24-,27-,28-,29-,30-/m0/s1. The molecule has 1 aromatic heterocycles. The van der Waals surface area contributed by atoms with Crippen molar-refractivity contribution in [3.63, 3.8) is 0 Å². The summed E-state index contributed by atoms with van der Waals surface area (Å²) in [5.74, 6) is -6.18. The van der Waals surface area contributed by atoms with Crippen LogP contribution in [0.1, 0.15) is 63.5 Å². The van der Waals surface area contributed by atoms with E-state index in [1.807, 2.05) is 0 Å². The molecule has 10 atom stereocenters. The molecular weight excluding hydrogens is 582 g/mol. The number of ketones is 1. The molecule has 1 saturated heterocycles. The van der Waals surface area contributed by atoms with Gasteiger partial charge in [-0.25, -0.2) is 4.79 Å². The zero-order chi connectivity index (χ0) is 32.4. The minimum absolute atomic E-state index is 0.120. The lowest BCUT2D eigenvalue weighted by atomic mass is 9.46. The van der Waals surface area contributed by atoms with Crippen molar-refractivity contribution in [1.29, 1.82) is 0 Å². The molecule has 3 N–H and O–H groups in total. The van der Waals surface area contributed by atoms with E-state index in [4.69, 9.17) is 23.7 Å². The van der Waals surface area contributed by atoms with E-state index in [0.717, 1.165) is 13.8 Å². The molecule has 4 aliphatic rings. The third-order valence-corrected chi connectivity index (χ3v) is 9.72. The van der Waals surface area contributed by atoms with Gasteiger partial charge in [-0.15, -0.1) is 0 Å². The molecule has 2 saturated carbocycles. The maximum atomic E-state index is 14.0. The highest BCUT2D eigenvalue weighted by Crippen LogP contribution is 2.67. The van der Waals surface area contributed by atoms with Gasteiger partial charge in [0.2, 0.25) is 0 Å². The second kappa shape index (κ2) is 10.9. The fourth-order valence-electron chi connectivity index (χ4n) is 7.68. The van der Waals surface area contributed by atoms with Crippen molar-refractivity contribution in [3.05, 3.63) is 29.6 Å². The van der Waals surface area contributed by atoms with Crippen LogP contribution in [0.5, 0.6) is 0 Å². The number of carbonyl (C=O) groups is 5. The second-order valence-electron chi connectivity index (χ2n) is 12.7. The van der Waals surface area contributed by atoms with E-state index in [2.05, 4.69) is 4.98 Å². The van der Waals surface area contributed by atoms with E-state index in [9.17, 15) is 39.3 Å². The lowest BCUT2D eigenvalue weighted by Gasteiger charge is -2.64. The molecule has 0 amide bonds. The number of fused-ring (bicyclic) bond motifs is 5. The van der Waals surface area contributed by atoms with Crippen molar-refractivity contribution >= 4 is 29.7 Å². The zero-order valence-corrected chi connectivity index (χ0v) is 25.1. The normalized spacial score (nSPS) is 41.9. The smallest absolute Gasteiger partial charge is 0.340 e. The molecule has 1 spiro atoms. The Hall–Kier alpha value is -3.46. The Labute approximate surface area is 253 Å². The van der Waals surface area contributed by atoms with Crippen LogP contribution in [0.3, 0.4) is 0 Å². The molecule has 5 rings (SSSR count). The summed E-state index contributed by atoms with van der Waals surface area (Å²) in [5, 5.41) is 35.7. The summed E-state index contributed by atoms with van der Waals surface area (Å²) in [5.41, 5.74) is -8.27. The van der Waals surface area contributed by atoms with E-state index in [1.54, 1.807) is 13.0 Å². The maximum absolute atomic E-state index is 14.0. The van der Waals surface area contributed by atoms with Gasteiger partial charge in [-0.1, -0.05) is 6.92 Å². The van der Waals surface area contributed by atoms with Gasteiger partial charge in [-0.2, -0.15) is 0 Å². The summed E-state index contributed by atoms with van der Waals surface area (Å²) >= 11 is 0. The number of pyridine rings is 1. The number of nitrogens with zero attached hydrogens (tertiary/aromatic N) is 1. The van der Waals surface area contributed by atoms with Crippen molar-refractivity contribution in [2.24, 2.45) is 17.3 Å². The predicted molar refractivity (Wildman–Crippen MR) is 144 cm³/mol. The first-order chi connectivity index (χ1) is 20.5. The van der Waals surface area contributed by atoms with Gasteiger partial charge in [-0.05, 0) is 38.8 Å². The number of cyclic esters (lactones) is 1. The van der Waals surface area contributed by atoms with Crippen molar-refractivity contribution in [2.45, 2.75) is 95.1 Å². The van der Waals surface area contributed by atoms with Gasteiger partial charge in [-0.3, -0.25) is 24.2 Å². The molecule has 3 fully saturated rings. The highest BCUT2D eigenvalue weighted by molar-refractivity contribution is 5.91. The summed E-state index contributed by atoms with van der Waals surface area (Å²) in [4.78, 5) is 69.7. The lowest BCUT2D eigenvalue weighted by Crippen LogP contribution is -2.85. The number of hydrogen-bond acceptors (Lipinski definition) is 14. The number of aliphatic hydroxyl groups is 3. The maximum Gasteiger partial charge on any atom is 0.340 e. The summed E-state index contributed by atoms with van der Waals surface area (Å²) in [6.07, 6.45) is -6.34. The molecular formula is C30H37NO13. The van der Waals surface area contributed by atoms with E-state index in [0.29, 0.717) is 5.69 Å². The van der Waals surface area contributed by atoms with Crippen LogP contribution in [-0.4, -0.2) is 104 Å². The van der Waals surface area contributed by atoms with E-state index < -0.39 is 108 Å². The molecule has 0 radical (unpaired) electrons. The number of aryl methyl sites for hydroxylation is 1. The van der Waals surface area contributed by atoms with E-state index in [-0.39, 0.29) is 18.4 Å². The number of hydrogen-bond donors (Lipinski definition) is 3. The van der Waals surface area contributed by atoms with Crippen molar-refractivity contribution in [3.8, 4) is 0 Å². The van der Waals surface area contributed by atoms with Gasteiger partial charge in [0.05, 0.1) is 34.6 Å². The average molecular weight is 620 g/mol. The Bertz CT molecular complexity index is 1390. The number of aliphatic hydroxyl groups excluding tert-OH is 2. The summed E-state index contributed by atoms with van der Waals surface area (Å²) < 4.78 is 29.1. The second-order valence-corrected chi connectivity index (χ2v) is 12.7. The molecule has 1 aromatic rings. The van der Waals surface area contributed by atoms with Crippen LogP contribution in [0.25, 0.3) is 0 Å². The van der Waals surface area contributed by atoms with Crippen molar-refractivity contribution in [2.75, 3.05) is 13.2 Å². The van der Waals surface area contributed by atoms with Gasteiger partial charge in [0.1, 0.15) is 42.4 Å². The number of esters is 4. The number of ether oxygens (including phenoxy) is 5. The quantitative estimate of drug-likeness (QED) is 0.297. The Morgan fingerprint density at radius 3 is 2.50 bits per heavy atom. The van der Waals surface area contributed by atoms with Gasteiger partial charge in [0.15, 0.2) is 11.7 Å². The van der Waals surface area contributed by atoms with Gasteiger partial charge in [0, 0.05) is 26.5 Å². The van der Waals surface area contributed by atoms with E-state index >= 15 is 0 Å². The third-order valence-electron chi connectivity index (χ3n) is 9.72. The van der Waals surface area contributed by atoms with Crippen LogP contribution in [0.4, 0.5) is 0 Å². The fraction of sp³-hybridized carbons (Fsp3) is 0.667.